The standard InChI is InChI=1S/C21H23ClN6O3/c22-14-1-2-16-17(11-14)24-19(23-16)3-4-20(29)27-5-6-28-15(13-27)12-18(25-28)21(30)26-7-9-31-10-8-26/h1-2,11-12H,3-10,13H2,(H,23,24). The second-order valence-electron chi connectivity index (χ2n) is 7.81. The van der Waals surface area contributed by atoms with Crippen LogP contribution in [0.3, 0.4) is 0 Å². The van der Waals surface area contributed by atoms with Crippen molar-refractivity contribution in [2.45, 2.75) is 25.9 Å². The van der Waals surface area contributed by atoms with Crippen molar-refractivity contribution in [2.24, 2.45) is 0 Å². The molecule has 2 aromatic heterocycles. The van der Waals surface area contributed by atoms with Crippen LogP contribution in [0.5, 0.6) is 0 Å². The first-order chi connectivity index (χ1) is 15.1. The molecule has 3 aromatic rings. The van der Waals surface area contributed by atoms with Crippen molar-refractivity contribution in [1.29, 1.82) is 0 Å². The number of ether oxygens (including phenoxy) is 1. The van der Waals surface area contributed by atoms with E-state index in [1.54, 1.807) is 17.0 Å². The maximum absolute atomic E-state index is 12.8. The Bertz CT molecular complexity index is 1130. The van der Waals surface area contributed by atoms with E-state index in [1.807, 2.05) is 21.7 Å². The Kier molecular flexibility index (Phi) is 5.37. The van der Waals surface area contributed by atoms with Crippen LogP contribution < -0.4 is 0 Å². The summed E-state index contributed by atoms with van der Waals surface area (Å²) in [5, 5.41) is 5.11. The average molecular weight is 443 g/mol. The Labute approximate surface area is 183 Å². The number of aromatic amines is 1. The number of nitrogens with zero attached hydrogens (tertiary/aromatic N) is 5. The van der Waals surface area contributed by atoms with Crippen LogP contribution in [-0.4, -0.2) is 74.2 Å². The topological polar surface area (TPSA) is 96.3 Å². The molecule has 9 nitrogen and oxygen atoms in total. The van der Waals surface area contributed by atoms with Gasteiger partial charge >= 0.3 is 0 Å². The summed E-state index contributed by atoms with van der Waals surface area (Å²) < 4.78 is 7.14. The Hall–Kier alpha value is -2.91. The first-order valence-electron chi connectivity index (χ1n) is 10.4. The Morgan fingerprint density at radius 3 is 2.77 bits per heavy atom. The van der Waals surface area contributed by atoms with Gasteiger partial charge in [0.05, 0.1) is 43.0 Å². The van der Waals surface area contributed by atoms with Gasteiger partial charge in [0.15, 0.2) is 5.69 Å². The zero-order valence-corrected chi connectivity index (χ0v) is 17.8. The van der Waals surface area contributed by atoms with Crippen LogP contribution in [0.15, 0.2) is 24.3 Å². The van der Waals surface area contributed by atoms with Gasteiger partial charge in [0.25, 0.3) is 5.91 Å². The Balaban J connectivity index is 1.21. The Morgan fingerprint density at radius 2 is 1.94 bits per heavy atom. The number of halogens is 1. The third kappa shape index (κ3) is 4.15. The predicted octanol–water partition coefficient (Wildman–Crippen LogP) is 1.86. The maximum atomic E-state index is 12.8. The smallest absolute Gasteiger partial charge is 0.274 e. The first kappa shape index (κ1) is 20.0. The van der Waals surface area contributed by atoms with E-state index in [1.165, 1.54) is 0 Å². The van der Waals surface area contributed by atoms with Crippen molar-refractivity contribution in [3.05, 3.63) is 46.5 Å². The summed E-state index contributed by atoms with van der Waals surface area (Å²) in [6.07, 6.45) is 0.892. The molecule has 5 rings (SSSR count). The molecule has 2 amide bonds. The molecule has 162 valence electrons. The second kappa shape index (κ2) is 8.32. The fraction of sp³-hybridized carbons (Fsp3) is 0.429. The fourth-order valence-electron chi connectivity index (χ4n) is 4.05. The highest BCUT2D eigenvalue weighted by Gasteiger charge is 2.26. The lowest BCUT2D eigenvalue weighted by molar-refractivity contribution is -0.132. The van der Waals surface area contributed by atoms with Crippen molar-refractivity contribution in [3.63, 3.8) is 0 Å². The van der Waals surface area contributed by atoms with Gasteiger partial charge in [0.1, 0.15) is 5.82 Å². The van der Waals surface area contributed by atoms with Crippen molar-refractivity contribution < 1.29 is 14.3 Å². The van der Waals surface area contributed by atoms with Crippen LogP contribution in [0.4, 0.5) is 0 Å². The van der Waals surface area contributed by atoms with E-state index < -0.39 is 0 Å². The molecule has 2 aliphatic heterocycles. The van der Waals surface area contributed by atoms with E-state index in [0.29, 0.717) is 69.5 Å². The number of morpholine rings is 1. The van der Waals surface area contributed by atoms with Crippen molar-refractivity contribution >= 4 is 34.4 Å². The molecular formula is C21H23ClN6O3. The molecular weight excluding hydrogens is 420 g/mol. The molecule has 0 bridgehead atoms. The van der Waals surface area contributed by atoms with Gasteiger partial charge in [0, 0.05) is 37.5 Å². The average Bonchev–Trinajstić information content (AvgIpc) is 3.40. The van der Waals surface area contributed by atoms with E-state index in [9.17, 15) is 9.59 Å². The van der Waals surface area contributed by atoms with Gasteiger partial charge in [-0.3, -0.25) is 14.3 Å². The van der Waals surface area contributed by atoms with Crippen molar-refractivity contribution in [2.75, 3.05) is 32.8 Å². The predicted molar refractivity (Wildman–Crippen MR) is 114 cm³/mol. The summed E-state index contributed by atoms with van der Waals surface area (Å²) >= 11 is 6.02. The number of nitrogens with one attached hydrogen (secondary N) is 1. The van der Waals surface area contributed by atoms with Gasteiger partial charge in [-0.25, -0.2) is 4.98 Å². The van der Waals surface area contributed by atoms with Crippen LogP contribution in [0.2, 0.25) is 5.02 Å². The highest BCUT2D eigenvalue weighted by Crippen LogP contribution is 2.19. The van der Waals surface area contributed by atoms with Crippen LogP contribution in [0.25, 0.3) is 11.0 Å². The quantitative estimate of drug-likeness (QED) is 0.665. The fourth-order valence-corrected chi connectivity index (χ4v) is 4.22. The number of H-pyrrole nitrogens is 1. The number of amides is 2. The molecule has 0 saturated carbocycles. The molecule has 2 aliphatic rings. The molecule has 0 spiro atoms. The molecule has 0 atom stereocenters. The molecule has 1 aromatic carbocycles. The highest BCUT2D eigenvalue weighted by molar-refractivity contribution is 6.31. The van der Waals surface area contributed by atoms with Gasteiger partial charge in [0.2, 0.25) is 5.91 Å². The van der Waals surface area contributed by atoms with Gasteiger partial charge in [-0.15, -0.1) is 0 Å². The molecule has 0 aliphatic carbocycles. The lowest BCUT2D eigenvalue weighted by atomic mass is 10.2. The number of hydrogen-bond acceptors (Lipinski definition) is 5. The van der Waals surface area contributed by atoms with E-state index in [2.05, 4.69) is 15.1 Å². The van der Waals surface area contributed by atoms with Crippen LogP contribution in [0.1, 0.15) is 28.4 Å². The molecule has 10 heteroatoms. The molecule has 0 unspecified atom stereocenters. The van der Waals surface area contributed by atoms with Gasteiger partial charge in [-0.1, -0.05) is 11.6 Å². The number of carbonyl (C=O) groups excluding carboxylic acids is 2. The lowest BCUT2D eigenvalue weighted by Crippen LogP contribution is -2.41. The highest BCUT2D eigenvalue weighted by atomic mass is 35.5. The van der Waals surface area contributed by atoms with Crippen molar-refractivity contribution in [1.82, 2.24) is 29.5 Å². The molecule has 0 radical (unpaired) electrons. The number of carbonyl (C=O) groups is 2. The van der Waals surface area contributed by atoms with E-state index in [-0.39, 0.29) is 11.8 Å². The number of benzene rings is 1. The molecule has 1 N–H and O–H groups in total. The zero-order chi connectivity index (χ0) is 21.4. The lowest BCUT2D eigenvalue weighted by Gasteiger charge is -2.27. The minimum absolute atomic E-state index is 0.0620. The molecule has 4 heterocycles. The minimum atomic E-state index is -0.0759. The summed E-state index contributed by atoms with van der Waals surface area (Å²) in [5.41, 5.74) is 3.03. The maximum Gasteiger partial charge on any atom is 0.274 e. The summed E-state index contributed by atoms with van der Waals surface area (Å²) in [6, 6.07) is 7.30. The summed E-state index contributed by atoms with van der Waals surface area (Å²) in [5.74, 6) is 0.756. The van der Waals surface area contributed by atoms with Gasteiger partial charge in [-0.05, 0) is 24.3 Å². The zero-order valence-electron chi connectivity index (χ0n) is 17.0. The van der Waals surface area contributed by atoms with E-state index in [4.69, 9.17) is 16.3 Å². The molecule has 1 fully saturated rings. The molecule has 31 heavy (non-hydrogen) atoms. The third-order valence-corrected chi connectivity index (χ3v) is 5.97. The number of hydrogen-bond donors (Lipinski definition) is 1. The van der Waals surface area contributed by atoms with E-state index in [0.717, 1.165) is 22.6 Å². The van der Waals surface area contributed by atoms with Gasteiger partial charge < -0.3 is 19.5 Å². The summed E-state index contributed by atoms with van der Waals surface area (Å²) in [7, 11) is 0. The largest absolute Gasteiger partial charge is 0.378 e. The second-order valence-corrected chi connectivity index (χ2v) is 8.25. The van der Waals surface area contributed by atoms with Crippen LogP contribution in [0, 0.1) is 0 Å². The number of aromatic nitrogens is 4. The normalized spacial score (nSPS) is 16.5. The SMILES string of the molecule is O=C(CCc1nc2ccc(Cl)cc2[nH]1)N1CCn2nc(C(=O)N3CCOCC3)cc2C1. The summed E-state index contributed by atoms with van der Waals surface area (Å²) in [4.78, 5) is 36.8. The third-order valence-electron chi connectivity index (χ3n) is 5.74. The van der Waals surface area contributed by atoms with Crippen LogP contribution in [-0.2, 0) is 29.0 Å². The minimum Gasteiger partial charge on any atom is -0.378 e. The van der Waals surface area contributed by atoms with Gasteiger partial charge in [-0.2, -0.15) is 5.10 Å². The number of fused-ring (bicyclic) bond motifs is 2. The Morgan fingerprint density at radius 1 is 1.10 bits per heavy atom. The van der Waals surface area contributed by atoms with Crippen molar-refractivity contribution in [3.8, 4) is 0 Å². The number of aryl methyl sites for hydroxylation is 1. The number of imidazole rings is 1. The van der Waals surface area contributed by atoms with E-state index >= 15 is 0 Å². The van der Waals surface area contributed by atoms with Crippen LogP contribution >= 0.6 is 11.6 Å². The first-order valence-corrected chi connectivity index (χ1v) is 10.8. The monoisotopic (exact) mass is 442 g/mol. The number of rotatable bonds is 4. The summed E-state index contributed by atoms with van der Waals surface area (Å²) in [6.45, 7) is 3.89. The molecule has 1 saturated heterocycles.